The fourth-order valence-electron chi connectivity index (χ4n) is 3.69. The first-order valence-electron chi connectivity index (χ1n) is 8.84. The van der Waals surface area contributed by atoms with E-state index in [-0.39, 0.29) is 12.7 Å². The summed E-state index contributed by atoms with van der Waals surface area (Å²) in [7, 11) is 2.02. The summed E-state index contributed by atoms with van der Waals surface area (Å²) in [4.78, 5) is 19.1. The topological polar surface area (TPSA) is 56.6 Å². The van der Waals surface area contributed by atoms with E-state index in [1.54, 1.807) is 0 Å². The Morgan fingerprint density at radius 2 is 2.20 bits per heavy atom. The molecule has 6 heteroatoms. The van der Waals surface area contributed by atoms with Crippen LogP contribution in [0.15, 0.2) is 30.6 Å². The molecule has 6 nitrogen and oxygen atoms in total. The zero-order valence-corrected chi connectivity index (χ0v) is 14.5. The number of hydrogen-bond acceptors (Lipinski definition) is 4. The molecule has 0 bridgehead atoms. The van der Waals surface area contributed by atoms with Gasteiger partial charge in [-0.15, -0.1) is 0 Å². The Hall–Kier alpha value is -2.50. The van der Waals surface area contributed by atoms with Crippen LogP contribution < -0.4 is 9.47 Å². The molecule has 1 saturated heterocycles. The fraction of sp³-hybridized carbons (Fsp3) is 0.474. The van der Waals surface area contributed by atoms with E-state index in [1.807, 2.05) is 42.5 Å². The number of likely N-dealkylation sites (tertiary alicyclic amines) is 1. The van der Waals surface area contributed by atoms with Crippen molar-refractivity contribution in [1.29, 1.82) is 0 Å². The van der Waals surface area contributed by atoms with Crippen molar-refractivity contribution in [2.24, 2.45) is 7.05 Å². The number of nitrogens with zero attached hydrogens (tertiary/aromatic N) is 3. The molecule has 1 fully saturated rings. The second kappa shape index (κ2) is 6.78. The van der Waals surface area contributed by atoms with Crippen LogP contribution >= 0.6 is 0 Å². The first-order valence-corrected chi connectivity index (χ1v) is 8.84. The zero-order chi connectivity index (χ0) is 17.2. The van der Waals surface area contributed by atoms with Crippen molar-refractivity contribution in [1.82, 2.24) is 14.5 Å². The van der Waals surface area contributed by atoms with Crippen LogP contribution in [0.4, 0.5) is 0 Å². The number of benzene rings is 1. The molecule has 0 saturated carbocycles. The average molecular weight is 341 g/mol. The number of carbonyl (C=O) groups excluding carboxylic acids is 1. The molecule has 0 spiro atoms. The van der Waals surface area contributed by atoms with E-state index in [0.717, 1.165) is 55.2 Å². The summed E-state index contributed by atoms with van der Waals surface area (Å²) in [6.45, 7) is 1.89. The molecule has 0 aliphatic carbocycles. The first kappa shape index (κ1) is 16.0. The van der Waals surface area contributed by atoms with Gasteiger partial charge in [-0.25, -0.2) is 4.98 Å². The highest BCUT2D eigenvalue weighted by molar-refractivity contribution is 5.76. The van der Waals surface area contributed by atoms with Crippen molar-refractivity contribution in [3.05, 3.63) is 42.0 Å². The van der Waals surface area contributed by atoms with Crippen molar-refractivity contribution in [2.75, 3.05) is 19.9 Å². The van der Waals surface area contributed by atoms with Crippen LogP contribution in [0.2, 0.25) is 0 Å². The van der Waals surface area contributed by atoms with Gasteiger partial charge in [0.15, 0.2) is 11.5 Å². The van der Waals surface area contributed by atoms with Gasteiger partial charge in [0.1, 0.15) is 5.82 Å². The smallest absolute Gasteiger partial charge is 0.231 e. The van der Waals surface area contributed by atoms with E-state index in [9.17, 15) is 4.79 Å². The summed E-state index contributed by atoms with van der Waals surface area (Å²) >= 11 is 0. The van der Waals surface area contributed by atoms with Crippen molar-refractivity contribution >= 4 is 5.91 Å². The van der Waals surface area contributed by atoms with Crippen molar-refractivity contribution in [2.45, 2.75) is 31.6 Å². The third-order valence-corrected chi connectivity index (χ3v) is 5.06. The van der Waals surface area contributed by atoms with E-state index in [4.69, 9.17) is 9.47 Å². The van der Waals surface area contributed by atoms with Crippen LogP contribution in [0.5, 0.6) is 11.5 Å². The lowest BCUT2D eigenvalue weighted by atomic mass is 9.96. The summed E-state index contributed by atoms with van der Waals surface area (Å²) in [5.41, 5.74) is 1.11. The van der Waals surface area contributed by atoms with Crippen molar-refractivity contribution in [3.8, 4) is 11.5 Å². The second-order valence-electron chi connectivity index (χ2n) is 6.76. The Kier molecular flexibility index (Phi) is 4.34. The summed E-state index contributed by atoms with van der Waals surface area (Å²) in [6.07, 6.45) is 7.17. The molecular weight excluding hydrogens is 318 g/mol. The fourth-order valence-corrected chi connectivity index (χ4v) is 3.69. The maximum Gasteiger partial charge on any atom is 0.231 e. The number of aryl methyl sites for hydroxylation is 2. The second-order valence-corrected chi connectivity index (χ2v) is 6.76. The Labute approximate surface area is 147 Å². The predicted molar refractivity (Wildman–Crippen MR) is 92.6 cm³/mol. The maximum atomic E-state index is 12.6. The SMILES string of the molecule is Cn1ccnc1C1CCCN(C(=O)CCc2ccc3c(c2)OCO3)C1. The molecule has 25 heavy (non-hydrogen) atoms. The monoisotopic (exact) mass is 341 g/mol. The van der Waals surface area contributed by atoms with Gasteiger partial charge in [0.25, 0.3) is 0 Å². The van der Waals surface area contributed by atoms with Gasteiger partial charge in [-0.2, -0.15) is 0 Å². The number of imidazole rings is 1. The van der Waals surface area contributed by atoms with E-state index in [1.165, 1.54) is 0 Å². The number of ether oxygens (including phenoxy) is 2. The van der Waals surface area contributed by atoms with Gasteiger partial charge in [0.2, 0.25) is 12.7 Å². The number of hydrogen-bond donors (Lipinski definition) is 0. The normalized spacial score (nSPS) is 19.2. The minimum atomic E-state index is 0.219. The predicted octanol–water partition coefficient (Wildman–Crippen LogP) is 2.49. The largest absolute Gasteiger partial charge is 0.454 e. The van der Waals surface area contributed by atoms with Crippen LogP contribution in [0.25, 0.3) is 0 Å². The molecule has 0 N–H and O–H groups in total. The summed E-state index contributed by atoms with van der Waals surface area (Å²) in [5, 5.41) is 0. The van der Waals surface area contributed by atoms with Gasteiger partial charge >= 0.3 is 0 Å². The highest BCUT2D eigenvalue weighted by Crippen LogP contribution is 2.33. The van der Waals surface area contributed by atoms with Gasteiger partial charge in [0, 0.05) is 44.9 Å². The summed E-state index contributed by atoms with van der Waals surface area (Å²) in [6, 6.07) is 5.90. The number of piperidine rings is 1. The minimum Gasteiger partial charge on any atom is -0.454 e. The van der Waals surface area contributed by atoms with Crippen LogP contribution in [-0.4, -0.2) is 40.2 Å². The quantitative estimate of drug-likeness (QED) is 0.857. The lowest BCUT2D eigenvalue weighted by Crippen LogP contribution is -2.39. The Morgan fingerprint density at radius 3 is 3.04 bits per heavy atom. The van der Waals surface area contributed by atoms with Gasteiger partial charge in [-0.3, -0.25) is 4.79 Å². The van der Waals surface area contributed by atoms with Gasteiger partial charge in [-0.05, 0) is 37.0 Å². The third kappa shape index (κ3) is 3.34. The van der Waals surface area contributed by atoms with Crippen LogP contribution in [0.3, 0.4) is 0 Å². The van der Waals surface area contributed by atoms with E-state index < -0.39 is 0 Å². The molecule has 1 aromatic carbocycles. The van der Waals surface area contributed by atoms with Crippen molar-refractivity contribution < 1.29 is 14.3 Å². The summed E-state index contributed by atoms with van der Waals surface area (Å²) in [5.74, 6) is 3.19. The van der Waals surface area contributed by atoms with E-state index >= 15 is 0 Å². The third-order valence-electron chi connectivity index (χ3n) is 5.06. The highest BCUT2D eigenvalue weighted by Gasteiger charge is 2.26. The molecule has 1 atom stereocenters. The molecule has 2 aromatic rings. The van der Waals surface area contributed by atoms with Gasteiger partial charge in [-0.1, -0.05) is 6.07 Å². The standard InChI is InChI=1S/C19H23N3O3/c1-21-10-8-20-19(21)15-3-2-9-22(12-15)18(23)7-5-14-4-6-16-17(11-14)25-13-24-16/h4,6,8,10-11,15H,2-3,5,7,9,12-13H2,1H3. The number of amides is 1. The molecule has 132 valence electrons. The Morgan fingerprint density at radius 1 is 1.32 bits per heavy atom. The molecule has 2 aliphatic heterocycles. The van der Waals surface area contributed by atoms with Gasteiger partial charge < -0.3 is 18.9 Å². The first-order chi connectivity index (χ1) is 12.2. The molecule has 1 unspecified atom stereocenters. The van der Waals surface area contributed by atoms with Gasteiger partial charge in [0.05, 0.1) is 0 Å². The average Bonchev–Trinajstić information content (AvgIpc) is 3.27. The zero-order valence-electron chi connectivity index (χ0n) is 14.5. The number of aromatic nitrogens is 2. The molecule has 4 rings (SSSR count). The van der Waals surface area contributed by atoms with Crippen LogP contribution in [0, 0.1) is 0 Å². The maximum absolute atomic E-state index is 12.6. The molecule has 2 aliphatic rings. The number of carbonyl (C=O) groups is 1. The summed E-state index contributed by atoms with van der Waals surface area (Å²) < 4.78 is 12.8. The Balaban J connectivity index is 1.35. The van der Waals surface area contributed by atoms with Crippen molar-refractivity contribution in [3.63, 3.8) is 0 Å². The van der Waals surface area contributed by atoms with Crippen LogP contribution in [-0.2, 0) is 18.3 Å². The molecule has 1 aromatic heterocycles. The highest BCUT2D eigenvalue weighted by atomic mass is 16.7. The number of fused-ring (bicyclic) bond motifs is 1. The van der Waals surface area contributed by atoms with Crippen LogP contribution in [0.1, 0.15) is 36.6 Å². The molecule has 0 radical (unpaired) electrons. The number of rotatable bonds is 4. The Bertz CT molecular complexity index is 771. The molecule has 3 heterocycles. The lowest BCUT2D eigenvalue weighted by Gasteiger charge is -2.32. The minimum absolute atomic E-state index is 0.219. The molecular formula is C19H23N3O3. The van der Waals surface area contributed by atoms with E-state index in [0.29, 0.717) is 12.3 Å². The molecule has 1 amide bonds. The lowest BCUT2D eigenvalue weighted by molar-refractivity contribution is -0.132. The van der Waals surface area contributed by atoms with E-state index in [2.05, 4.69) is 9.55 Å².